The van der Waals surface area contributed by atoms with Crippen molar-refractivity contribution in [3.05, 3.63) is 94.9 Å². The molecule has 0 bridgehead atoms. The van der Waals surface area contributed by atoms with Crippen LogP contribution in [0.3, 0.4) is 0 Å². The average Bonchev–Trinajstić information content (AvgIpc) is 3.12. The molecule has 0 spiro atoms. The number of nitrogens with zero attached hydrogens (tertiary/aromatic N) is 1. The lowest BCUT2D eigenvalue weighted by atomic mass is 10.0. The Bertz CT molecular complexity index is 1450. The largest absolute Gasteiger partial charge is 0.467 e. The molecule has 0 saturated carbocycles. The van der Waals surface area contributed by atoms with E-state index in [0.717, 1.165) is 0 Å². The highest BCUT2D eigenvalue weighted by Gasteiger charge is 2.29. The zero-order chi connectivity index (χ0) is 23.8. The van der Waals surface area contributed by atoms with Crippen LogP contribution >= 0.6 is 11.6 Å². The maximum absolute atomic E-state index is 13.8. The van der Waals surface area contributed by atoms with Crippen molar-refractivity contribution >= 4 is 38.3 Å². The molecular weight excluding hydrogens is 465 g/mol. The first-order valence-electron chi connectivity index (χ1n) is 10.2. The SMILES string of the molecule is COC(=O)C(Cc1ccc(Cl)cc1S(=O)(=O)c1ccccc1)n1c(C)cc2cc(F)ccc21. The van der Waals surface area contributed by atoms with Gasteiger partial charge in [0, 0.05) is 28.0 Å². The third-order valence-corrected chi connectivity index (χ3v) is 7.65. The molecule has 0 aliphatic rings. The predicted molar refractivity (Wildman–Crippen MR) is 125 cm³/mol. The summed E-state index contributed by atoms with van der Waals surface area (Å²) in [6.07, 6.45) is 0.0350. The first kappa shape index (κ1) is 23.0. The zero-order valence-corrected chi connectivity index (χ0v) is 19.5. The number of rotatable bonds is 6. The summed E-state index contributed by atoms with van der Waals surface area (Å²) in [5, 5.41) is 0.899. The van der Waals surface area contributed by atoms with E-state index in [0.29, 0.717) is 22.2 Å². The Hall–Kier alpha value is -3.16. The Morgan fingerprint density at radius 3 is 2.48 bits per heavy atom. The maximum Gasteiger partial charge on any atom is 0.329 e. The van der Waals surface area contributed by atoms with E-state index >= 15 is 0 Å². The Morgan fingerprint density at radius 1 is 1.06 bits per heavy atom. The quantitative estimate of drug-likeness (QED) is 0.337. The number of ether oxygens (including phenoxy) is 1. The number of sulfone groups is 1. The van der Waals surface area contributed by atoms with Crippen LogP contribution in [-0.4, -0.2) is 26.1 Å². The summed E-state index contributed by atoms with van der Waals surface area (Å²) in [5.41, 5.74) is 1.78. The molecule has 4 aromatic rings. The molecule has 0 N–H and O–H groups in total. The number of aryl methyl sites for hydroxylation is 1. The lowest BCUT2D eigenvalue weighted by molar-refractivity contribution is -0.144. The van der Waals surface area contributed by atoms with E-state index in [4.69, 9.17) is 16.3 Å². The molecule has 1 heterocycles. The third-order valence-electron chi connectivity index (χ3n) is 5.56. The average molecular weight is 486 g/mol. The molecule has 0 fully saturated rings. The molecule has 5 nitrogen and oxygen atoms in total. The van der Waals surface area contributed by atoms with Crippen LogP contribution in [0.15, 0.2) is 82.6 Å². The lowest BCUT2D eigenvalue weighted by Crippen LogP contribution is -2.24. The first-order valence-corrected chi connectivity index (χ1v) is 12.0. The molecule has 4 rings (SSSR count). The summed E-state index contributed by atoms with van der Waals surface area (Å²) in [7, 11) is -2.62. The van der Waals surface area contributed by atoms with Gasteiger partial charge in [-0.05, 0) is 61.0 Å². The minimum atomic E-state index is -3.89. The van der Waals surface area contributed by atoms with Gasteiger partial charge < -0.3 is 9.30 Å². The number of hydrogen-bond donors (Lipinski definition) is 0. The van der Waals surface area contributed by atoms with Crippen LogP contribution in [0.2, 0.25) is 5.02 Å². The van der Waals surface area contributed by atoms with Crippen molar-refractivity contribution in [3.8, 4) is 0 Å². The Morgan fingerprint density at radius 2 is 1.79 bits per heavy atom. The van der Waals surface area contributed by atoms with Crippen LogP contribution < -0.4 is 0 Å². The molecular formula is C25H21ClFNO4S. The zero-order valence-electron chi connectivity index (χ0n) is 18.0. The number of aromatic nitrogens is 1. The van der Waals surface area contributed by atoms with Crippen LogP contribution in [0, 0.1) is 12.7 Å². The summed E-state index contributed by atoms with van der Waals surface area (Å²) >= 11 is 6.16. The van der Waals surface area contributed by atoms with Crippen molar-refractivity contribution in [2.75, 3.05) is 7.11 Å². The van der Waals surface area contributed by atoms with Gasteiger partial charge in [0.1, 0.15) is 11.9 Å². The van der Waals surface area contributed by atoms with Gasteiger partial charge in [0.25, 0.3) is 0 Å². The monoisotopic (exact) mass is 485 g/mol. The van der Waals surface area contributed by atoms with E-state index in [-0.39, 0.29) is 27.1 Å². The Kier molecular flexibility index (Phi) is 6.28. The van der Waals surface area contributed by atoms with Crippen molar-refractivity contribution in [3.63, 3.8) is 0 Å². The number of carbonyl (C=O) groups excluding carboxylic acids is 1. The highest BCUT2D eigenvalue weighted by molar-refractivity contribution is 7.91. The standard InChI is InChI=1S/C25H21ClFNO4S/c1-16-12-18-13-20(27)10-11-22(18)28(16)23(25(29)32-2)14-17-8-9-19(26)15-24(17)33(30,31)21-6-4-3-5-7-21/h3-13,15,23H,14H2,1-2H3. The van der Waals surface area contributed by atoms with Gasteiger partial charge in [0.2, 0.25) is 9.84 Å². The van der Waals surface area contributed by atoms with E-state index in [2.05, 4.69) is 0 Å². The van der Waals surface area contributed by atoms with Gasteiger partial charge in [-0.2, -0.15) is 0 Å². The molecule has 0 saturated heterocycles. The van der Waals surface area contributed by atoms with E-state index in [9.17, 15) is 17.6 Å². The van der Waals surface area contributed by atoms with Crippen molar-refractivity contribution in [2.45, 2.75) is 29.2 Å². The fourth-order valence-electron chi connectivity index (χ4n) is 4.06. The molecule has 33 heavy (non-hydrogen) atoms. The molecule has 170 valence electrons. The minimum Gasteiger partial charge on any atom is -0.467 e. The van der Waals surface area contributed by atoms with Crippen LogP contribution in [0.5, 0.6) is 0 Å². The van der Waals surface area contributed by atoms with Gasteiger partial charge in [-0.25, -0.2) is 17.6 Å². The highest BCUT2D eigenvalue weighted by atomic mass is 35.5. The summed E-state index contributed by atoms with van der Waals surface area (Å²) in [5.74, 6) is -0.929. The Balaban J connectivity index is 1.87. The second-order valence-corrected chi connectivity index (χ2v) is 10.0. The normalized spacial score (nSPS) is 12.6. The number of methoxy groups -OCH3 is 1. The van der Waals surface area contributed by atoms with E-state index < -0.39 is 21.8 Å². The van der Waals surface area contributed by atoms with E-state index in [1.807, 2.05) is 0 Å². The fourth-order valence-corrected chi connectivity index (χ4v) is 5.84. The number of halogens is 2. The van der Waals surface area contributed by atoms with E-state index in [1.54, 1.807) is 54.0 Å². The molecule has 1 atom stereocenters. The van der Waals surface area contributed by atoms with Gasteiger partial charge in [0.05, 0.1) is 16.9 Å². The lowest BCUT2D eigenvalue weighted by Gasteiger charge is -2.21. The van der Waals surface area contributed by atoms with Gasteiger partial charge in [0.15, 0.2) is 0 Å². The first-order chi connectivity index (χ1) is 15.7. The second-order valence-electron chi connectivity index (χ2n) is 7.67. The van der Waals surface area contributed by atoms with E-state index in [1.165, 1.54) is 37.4 Å². The summed E-state index contributed by atoms with van der Waals surface area (Å²) in [6.45, 7) is 1.80. The number of hydrogen-bond acceptors (Lipinski definition) is 4. The number of esters is 1. The summed E-state index contributed by atoms with van der Waals surface area (Å²) in [4.78, 5) is 13.0. The van der Waals surface area contributed by atoms with Crippen LogP contribution in [0.1, 0.15) is 17.3 Å². The molecule has 0 radical (unpaired) electrons. The molecule has 1 unspecified atom stereocenters. The van der Waals surface area contributed by atoms with Crippen molar-refractivity contribution in [2.24, 2.45) is 0 Å². The van der Waals surface area contributed by atoms with Gasteiger partial charge >= 0.3 is 5.97 Å². The van der Waals surface area contributed by atoms with Gasteiger partial charge in [-0.1, -0.05) is 35.9 Å². The Labute approximate surface area is 196 Å². The molecule has 0 aliphatic heterocycles. The molecule has 0 aliphatic carbocycles. The van der Waals surface area contributed by atoms with Crippen molar-refractivity contribution in [1.82, 2.24) is 4.57 Å². The third kappa shape index (κ3) is 4.38. The number of fused-ring (bicyclic) bond motifs is 1. The van der Waals surface area contributed by atoms with Gasteiger partial charge in [-0.15, -0.1) is 0 Å². The molecule has 1 aromatic heterocycles. The van der Waals surface area contributed by atoms with Crippen LogP contribution in [-0.2, 0) is 25.8 Å². The fraction of sp³-hybridized carbons (Fsp3) is 0.160. The molecule has 3 aromatic carbocycles. The molecule has 0 amide bonds. The number of benzene rings is 3. The second kappa shape index (κ2) is 9.00. The van der Waals surface area contributed by atoms with Crippen LogP contribution in [0.25, 0.3) is 10.9 Å². The van der Waals surface area contributed by atoms with Gasteiger partial charge in [-0.3, -0.25) is 0 Å². The smallest absolute Gasteiger partial charge is 0.329 e. The molecule has 8 heteroatoms. The maximum atomic E-state index is 13.8. The predicted octanol–water partition coefficient (Wildman–Crippen LogP) is 5.53. The van der Waals surface area contributed by atoms with Crippen molar-refractivity contribution in [1.29, 1.82) is 0 Å². The topological polar surface area (TPSA) is 65.4 Å². The summed E-state index contributed by atoms with van der Waals surface area (Å²) < 4.78 is 47.4. The van der Waals surface area contributed by atoms with Crippen molar-refractivity contribution < 1.29 is 22.3 Å². The minimum absolute atomic E-state index is 0.0234. The van der Waals surface area contributed by atoms with Crippen LogP contribution in [0.4, 0.5) is 4.39 Å². The number of carbonyl (C=O) groups is 1. The summed E-state index contributed by atoms with van der Waals surface area (Å²) in [6, 6.07) is 17.8. The highest BCUT2D eigenvalue weighted by Crippen LogP contribution is 2.32.